The molecule has 2 aromatic rings. The van der Waals surface area contributed by atoms with Crippen molar-refractivity contribution < 1.29 is 8.42 Å². The zero-order valence-electron chi connectivity index (χ0n) is 12.0. The molecule has 1 atom stereocenters. The zero-order valence-corrected chi connectivity index (χ0v) is 12.8. The lowest BCUT2D eigenvalue weighted by atomic mass is 10.1. The van der Waals surface area contributed by atoms with Crippen molar-refractivity contribution in [3.8, 4) is 0 Å². The van der Waals surface area contributed by atoms with Gasteiger partial charge in [0.1, 0.15) is 0 Å². The summed E-state index contributed by atoms with van der Waals surface area (Å²) in [5.41, 5.74) is 7.27. The first-order valence-corrected chi connectivity index (χ1v) is 8.37. The smallest absolute Gasteiger partial charge is 0.240 e. The van der Waals surface area contributed by atoms with E-state index >= 15 is 0 Å². The average Bonchev–Trinajstić information content (AvgIpc) is 2.46. The van der Waals surface area contributed by atoms with Gasteiger partial charge in [-0.3, -0.25) is 0 Å². The number of sulfonamides is 1. The second-order valence-corrected chi connectivity index (χ2v) is 6.83. The van der Waals surface area contributed by atoms with Gasteiger partial charge in [0.05, 0.1) is 4.90 Å². The van der Waals surface area contributed by atoms with Crippen molar-refractivity contribution in [1.82, 2.24) is 4.72 Å². The Morgan fingerprint density at radius 1 is 1.10 bits per heavy atom. The number of nitrogen functional groups attached to an aromatic ring is 1. The maximum Gasteiger partial charge on any atom is 0.240 e. The van der Waals surface area contributed by atoms with Gasteiger partial charge in [0.25, 0.3) is 0 Å². The second kappa shape index (κ2) is 6.74. The summed E-state index contributed by atoms with van der Waals surface area (Å²) in [6.45, 7) is 1.87. The minimum absolute atomic E-state index is 0.142. The van der Waals surface area contributed by atoms with Crippen molar-refractivity contribution in [3.05, 3.63) is 60.2 Å². The van der Waals surface area contributed by atoms with E-state index in [0.29, 0.717) is 5.69 Å². The number of aryl methyl sites for hydroxylation is 1. The molecule has 0 aliphatic heterocycles. The van der Waals surface area contributed by atoms with Crippen LogP contribution < -0.4 is 10.5 Å². The van der Waals surface area contributed by atoms with Crippen molar-refractivity contribution >= 4 is 15.7 Å². The van der Waals surface area contributed by atoms with Crippen LogP contribution in [-0.2, 0) is 16.4 Å². The van der Waals surface area contributed by atoms with Gasteiger partial charge >= 0.3 is 0 Å². The molecule has 0 spiro atoms. The zero-order chi connectivity index (χ0) is 15.3. The fourth-order valence-corrected chi connectivity index (χ4v) is 3.43. The summed E-state index contributed by atoms with van der Waals surface area (Å²) < 4.78 is 27.2. The monoisotopic (exact) mass is 304 g/mol. The molecule has 112 valence electrons. The van der Waals surface area contributed by atoms with Crippen LogP contribution >= 0.6 is 0 Å². The third kappa shape index (κ3) is 4.58. The molecule has 2 aromatic carbocycles. The highest BCUT2D eigenvalue weighted by molar-refractivity contribution is 7.89. The summed E-state index contributed by atoms with van der Waals surface area (Å²) in [5, 5.41) is 0. The van der Waals surface area contributed by atoms with Crippen LogP contribution in [0.2, 0.25) is 0 Å². The fourth-order valence-electron chi connectivity index (χ4n) is 2.10. The summed E-state index contributed by atoms with van der Waals surface area (Å²) in [5.74, 6) is 0. The van der Waals surface area contributed by atoms with E-state index in [0.717, 1.165) is 12.8 Å². The average molecular weight is 304 g/mol. The third-order valence-electron chi connectivity index (χ3n) is 3.23. The van der Waals surface area contributed by atoms with E-state index in [1.807, 2.05) is 37.3 Å². The Hall–Kier alpha value is -1.85. The second-order valence-electron chi connectivity index (χ2n) is 5.12. The van der Waals surface area contributed by atoms with E-state index in [1.165, 1.54) is 11.6 Å². The number of benzene rings is 2. The van der Waals surface area contributed by atoms with E-state index in [9.17, 15) is 8.42 Å². The molecular weight excluding hydrogens is 284 g/mol. The van der Waals surface area contributed by atoms with Gasteiger partial charge in [0, 0.05) is 11.7 Å². The molecule has 5 heteroatoms. The molecule has 0 bridgehead atoms. The Kier molecular flexibility index (Phi) is 4.98. The molecule has 0 saturated carbocycles. The molecule has 3 N–H and O–H groups in total. The van der Waals surface area contributed by atoms with Crippen LogP contribution in [0.4, 0.5) is 5.69 Å². The highest BCUT2D eigenvalue weighted by atomic mass is 32.2. The molecule has 0 aromatic heterocycles. The Bertz CT molecular complexity index is 684. The molecule has 21 heavy (non-hydrogen) atoms. The summed E-state index contributed by atoms with van der Waals surface area (Å²) in [7, 11) is -3.52. The molecule has 0 fully saturated rings. The van der Waals surface area contributed by atoms with Crippen molar-refractivity contribution in [2.75, 3.05) is 5.73 Å². The SMILES string of the molecule is CC(CCc1ccccc1)NS(=O)(=O)c1cccc(N)c1. The van der Waals surface area contributed by atoms with Gasteiger partial charge in [0.15, 0.2) is 0 Å². The highest BCUT2D eigenvalue weighted by Gasteiger charge is 2.17. The summed E-state index contributed by atoms with van der Waals surface area (Å²) in [6, 6.07) is 16.2. The molecule has 0 saturated heterocycles. The third-order valence-corrected chi connectivity index (χ3v) is 4.82. The number of hydrogen-bond donors (Lipinski definition) is 2. The van der Waals surface area contributed by atoms with Gasteiger partial charge in [-0.2, -0.15) is 0 Å². The number of nitrogens with one attached hydrogen (secondary N) is 1. The number of anilines is 1. The van der Waals surface area contributed by atoms with Crippen LogP contribution in [0.1, 0.15) is 18.9 Å². The normalized spacial score (nSPS) is 13.0. The van der Waals surface area contributed by atoms with Crippen molar-refractivity contribution in [2.24, 2.45) is 0 Å². The van der Waals surface area contributed by atoms with Gasteiger partial charge in [-0.25, -0.2) is 13.1 Å². The van der Waals surface area contributed by atoms with E-state index in [4.69, 9.17) is 5.73 Å². The Morgan fingerprint density at radius 2 is 1.81 bits per heavy atom. The summed E-state index contributed by atoms with van der Waals surface area (Å²) in [6.07, 6.45) is 1.58. The predicted octanol–water partition coefficient (Wildman–Crippen LogP) is 2.57. The van der Waals surface area contributed by atoms with Gasteiger partial charge in [-0.1, -0.05) is 36.4 Å². The Labute approximate surface area is 126 Å². The molecule has 4 nitrogen and oxygen atoms in total. The standard InChI is InChI=1S/C16H20N2O2S/c1-13(10-11-14-6-3-2-4-7-14)18-21(19,20)16-9-5-8-15(17)12-16/h2-9,12-13,18H,10-11,17H2,1H3. The molecule has 0 aliphatic carbocycles. The van der Waals surface area contributed by atoms with Gasteiger partial charge in [0.2, 0.25) is 10.0 Å². The largest absolute Gasteiger partial charge is 0.399 e. The van der Waals surface area contributed by atoms with E-state index in [1.54, 1.807) is 18.2 Å². The first-order chi connectivity index (χ1) is 9.97. The van der Waals surface area contributed by atoms with Crippen LogP contribution in [0.25, 0.3) is 0 Å². The summed E-state index contributed by atoms with van der Waals surface area (Å²) in [4.78, 5) is 0.203. The van der Waals surface area contributed by atoms with Gasteiger partial charge in [-0.15, -0.1) is 0 Å². The number of hydrogen-bond acceptors (Lipinski definition) is 3. The predicted molar refractivity (Wildman–Crippen MR) is 85.4 cm³/mol. The highest BCUT2D eigenvalue weighted by Crippen LogP contribution is 2.14. The quantitative estimate of drug-likeness (QED) is 0.806. The topological polar surface area (TPSA) is 72.2 Å². The Morgan fingerprint density at radius 3 is 2.48 bits per heavy atom. The number of nitrogens with two attached hydrogens (primary N) is 1. The van der Waals surface area contributed by atoms with E-state index in [-0.39, 0.29) is 10.9 Å². The van der Waals surface area contributed by atoms with Crippen LogP contribution in [0.15, 0.2) is 59.5 Å². The molecule has 0 aliphatic rings. The van der Waals surface area contributed by atoms with Crippen molar-refractivity contribution in [2.45, 2.75) is 30.7 Å². The number of rotatable bonds is 6. The fraction of sp³-hybridized carbons (Fsp3) is 0.250. The molecule has 0 heterocycles. The lowest BCUT2D eigenvalue weighted by Crippen LogP contribution is -2.33. The molecule has 2 rings (SSSR count). The molecular formula is C16H20N2O2S. The molecule has 0 amide bonds. The van der Waals surface area contributed by atoms with Gasteiger partial charge < -0.3 is 5.73 Å². The molecule has 0 radical (unpaired) electrons. The van der Waals surface area contributed by atoms with Crippen LogP contribution in [0.3, 0.4) is 0 Å². The lowest BCUT2D eigenvalue weighted by molar-refractivity contribution is 0.547. The van der Waals surface area contributed by atoms with E-state index in [2.05, 4.69) is 4.72 Å². The van der Waals surface area contributed by atoms with Crippen molar-refractivity contribution in [3.63, 3.8) is 0 Å². The summed E-state index contributed by atoms with van der Waals surface area (Å²) >= 11 is 0. The minimum atomic E-state index is -3.52. The minimum Gasteiger partial charge on any atom is -0.399 e. The van der Waals surface area contributed by atoms with E-state index < -0.39 is 10.0 Å². The first-order valence-electron chi connectivity index (χ1n) is 6.89. The lowest BCUT2D eigenvalue weighted by Gasteiger charge is -2.14. The Balaban J connectivity index is 1.97. The van der Waals surface area contributed by atoms with Crippen LogP contribution in [0.5, 0.6) is 0 Å². The maximum absolute atomic E-state index is 12.2. The maximum atomic E-state index is 12.2. The first kappa shape index (κ1) is 15.5. The van der Waals surface area contributed by atoms with Crippen LogP contribution in [-0.4, -0.2) is 14.5 Å². The van der Waals surface area contributed by atoms with Crippen LogP contribution in [0, 0.1) is 0 Å². The van der Waals surface area contributed by atoms with Crippen molar-refractivity contribution in [1.29, 1.82) is 0 Å². The molecule has 1 unspecified atom stereocenters. The van der Waals surface area contributed by atoms with Gasteiger partial charge in [-0.05, 0) is 43.5 Å².